The summed E-state index contributed by atoms with van der Waals surface area (Å²) in [6.07, 6.45) is 3.07. The van der Waals surface area contributed by atoms with Crippen molar-refractivity contribution in [1.29, 1.82) is 0 Å². The molecule has 2 amide bonds. The highest BCUT2D eigenvalue weighted by Gasteiger charge is 2.27. The molecular weight excluding hydrogens is 371 g/mol. The number of nitrogens with zero attached hydrogens (tertiary/aromatic N) is 1. The molecule has 0 atom stereocenters. The van der Waals surface area contributed by atoms with Gasteiger partial charge in [-0.15, -0.1) is 0 Å². The Bertz CT molecular complexity index is 1010. The fraction of sp³-hybridized carbons (Fsp3) is 0.273. The predicted molar refractivity (Wildman–Crippen MR) is 112 cm³/mol. The fourth-order valence-electron chi connectivity index (χ4n) is 4.00. The molecule has 2 aliphatic rings. The summed E-state index contributed by atoms with van der Waals surface area (Å²) in [7, 11) is 0. The van der Waals surface area contributed by atoms with E-state index in [1.807, 2.05) is 25.1 Å². The Balaban J connectivity index is 1.49. The molecule has 2 aromatic rings. The number of amides is 2. The number of rotatable bonds is 4. The third-order valence-corrected chi connectivity index (χ3v) is 5.59. The molecule has 0 radical (unpaired) electrons. The standard InChI is InChI=1S/C22H23FN4O2/c1-13-11-15(5-6-19(13)27-9-7-14(8-10-27)21(24)28)25-12-16-20-17(23)3-2-4-18(20)26-22(16)29/h2-6,11-12,14,25H,7-10H2,1H3,(H2,24,28)(H,26,29). The second-order valence-electron chi connectivity index (χ2n) is 7.48. The van der Waals surface area contributed by atoms with E-state index in [0.717, 1.165) is 42.9 Å². The van der Waals surface area contributed by atoms with Gasteiger partial charge in [-0.25, -0.2) is 4.39 Å². The molecule has 29 heavy (non-hydrogen) atoms. The van der Waals surface area contributed by atoms with Crippen LogP contribution in [0, 0.1) is 18.7 Å². The molecule has 1 saturated heterocycles. The van der Waals surface area contributed by atoms with Gasteiger partial charge in [-0.1, -0.05) is 6.07 Å². The van der Waals surface area contributed by atoms with Gasteiger partial charge in [0.15, 0.2) is 0 Å². The first-order valence-corrected chi connectivity index (χ1v) is 9.66. The van der Waals surface area contributed by atoms with Gasteiger partial charge in [0.2, 0.25) is 5.91 Å². The quantitative estimate of drug-likeness (QED) is 0.695. The molecule has 2 aliphatic heterocycles. The van der Waals surface area contributed by atoms with Crippen molar-refractivity contribution in [2.75, 3.05) is 28.6 Å². The topological polar surface area (TPSA) is 87.5 Å². The van der Waals surface area contributed by atoms with E-state index in [4.69, 9.17) is 5.73 Å². The number of primary amides is 1. The van der Waals surface area contributed by atoms with Crippen LogP contribution in [0.5, 0.6) is 0 Å². The van der Waals surface area contributed by atoms with Crippen molar-refractivity contribution in [2.45, 2.75) is 19.8 Å². The van der Waals surface area contributed by atoms with Crippen molar-refractivity contribution in [1.82, 2.24) is 0 Å². The van der Waals surface area contributed by atoms with E-state index in [1.165, 1.54) is 12.3 Å². The van der Waals surface area contributed by atoms with Gasteiger partial charge in [-0.2, -0.15) is 0 Å². The van der Waals surface area contributed by atoms with Crippen molar-refractivity contribution in [3.8, 4) is 0 Å². The summed E-state index contributed by atoms with van der Waals surface area (Å²) in [5.41, 5.74) is 9.45. The van der Waals surface area contributed by atoms with Crippen LogP contribution < -0.4 is 21.3 Å². The Morgan fingerprint density at radius 3 is 2.72 bits per heavy atom. The lowest BCUT2D eigenvalue weighted by molar-refractivity contribution is -0.122. The number of halogens is 1. The molecule has 2 heterocycles. The lowest BCUT2D eigenvalue weighted by Crippen LogP contribution is -2.38. The predicted octanol–water partition coefficient (Wildman–Crippen LogP) is 3.24. The van der Waals surface area contributed by atoms with Gasteiger partial charge in [-0.05, 0) is 55.7 Å². The Hall–Kier alpha value is -3.35. The second kappa shape index (κ2) is 7.58. The summed E-state index contributed by atoms with van der Waals surface area (Å²) >= 11 is 0. The number of nitrogens with two attached hydrogens (primary N) is 1. The zero-order valence-corrected chi connectivity index (χ0v) is 16.2. The number of hydrogen-bond donors (Lipinski definition) is 3. The largest absolute Gasteiger partial charge is 0.371 e. The number of piperidine rings is 1. The molecule has 1 fully saturated rings. The highest BCUT2D eigenvalue weighted by molar-refractivity contribution is 6.31. The molecule has 0 aromatic heterocycles. The molecule has 4 N–H and O–H groups in total. The molecule has 7 heteroatoms. The van der Waals surface area contributed by atoms with Gasteiger partial charge in [0.05, 0.1) is 11.3 Å². The summed E-state index contributed by atoms with van der Waals surface area (Å²) in [6.45, 7) is 3.61. The molecule has 150 valence electrons. The number of fused-ring (bicyclic) bond motifs is 1. The minimum absolute atomic E-state index is 0.0417. The molecule has 0 saturated carbocycles. The lowest BCUT2D eigenvalue weighted by atomic mass is 9.95. The van der Waals surface area contributed by atoms with Crippen LogP contribution in [0.4, 0.5) is 21.5 Å². The molecule has 6 nitrogen and oxygen atoms in total. The Morgan fingerprint density at radius 1 is 1.28 bits per heavy atom. The normalized spacial score (nSPS) is 17.9. The highest BCUT2D eigenvalue weighted by atomic mass is 19.1. The Kier molecular flexibility index (Phi) is 4.96. The van der Waals surface area contributed by atoms with Crippen molar-refractivity contribution in [3.05, 3.63) is 59.5 Å². The monoisotopic (exact) mass is 394 g/mol. The molecular formula is C22H23FN4O2. The van der Waals surface area contributed by atoms with Gasteiger partial charge < -0.3 is 21.3 Å². The summed E-state index contributed by atoms with van der Waals surface area (Å²) in [5, 5.41) is 5.78. The SMILES string of the molecule is Cc1cc(NC=C2C(=O)Nc3cccc(F)c32)ccc1N1CCC(C(N)=O)CC1. The first kappa shape index (κ1) is 19.0. The first-order chi connectivity index (χ1) is 13.9. The summed E-state index contributed by atoms with van der Waals surface area (Å²) < 4.78 is 14.1. The van der Waals surface area contributed by atoms with E-state index < -0.39 is 5.82 Å². The maximum absolute atomic E-state index is 14.1. The molecule has 0 aliphatic carbocycles. The van der Waals surface area contributed by atoms with Crippen LogP contribution in [0.25, 0.3) is 5.57 Å². The lowest BCUT2D eigenvalue weighted by Gasteiger charge is -2.33. The maximum Gasteiger partial charge on any atom is 0.257 e. The van der Waals surface area contributed by atoms with E-state index in [2.05, 4.69) is 15.5 Å². The molecule has 0 spiro atoms. The Morgan fingerprint density at radius 2 is 2.03 bits per heavy atom. The number of nitrogens with one attached hydrogen (secondary N) is 2. The number of carbonyl (C=O) groups is 2. The fourth-order valence-corrected chi connectivity index (χ4v) is 4.00. The van der Waals surface area contributed by atoms with Gasteiger partial charge >= 0.3 is 0 Å². The number of anilines is 3. The van der Waals surface area contributed by atoms with Crippen molar-refractivity contribution in [3.63, 3.8) is 0 Å². The van der Waals surface area contributed by atoms with Crippen molar-refractivity contribution < 1.29 is 14.0 Å². The smallest absolute Gasteiger partial charge is 0.257 e. The Labute approximate surface area is 168 Å². The van der Waals surface area contributed by atoms with Gasteiger partial charge in [0.1, 0.15) is 5.82 Å². The third-order valence-electron chi connectivity index (χ3n) is 5.59. The van der Waals surface area contributed by atoms with Gasteiger partial charge in [-0.3, -0.25) is 9.59 Å². The van der Waals surface area contributed by atoms with E-state index >= 15 is 0 Å². The van der Waals surface area contributed by atoms with Crippen LogP contribution in [-0.4, -0.2) is 24.9 Å². The number of carbonyl (C=O) groups excluding carboxylic acids is 2. The van der Waals surface area contributed by atoms with Gasteiger partial charge in [0.25, 0.3) is 5.91 Å². The summed E-state index contributed by atoms with van der Waals surface area (Å²) in [4.78, 5) is 25.8. The van der Waals surface area contributed by atoms with E-state index in [-0.39, 0.29) is 28.9 Å². The minimum Gasteiger partial charge on any atom is -0.371 e. The van der Waals surface area contributed by atoms with Crippen LogP contribution >= 0.6 is 0 Å². The summed E-state index contributed by atoms with van der Waals surface area (Å²) in [6, 6.07) is 10.5. The van der Waals surface area contributed by atoms with Crippen molar-refractivity contribution in [2.24, 2.45) is 11.7 Å². The zero-order chi connectivity index (χ0) is 20.5. The minimum atomic E-state index is -0.431. The molecule has 4 rings (SSSR count). The summed E-state index contributed by atoms with van der Waals surface area (Å²) in [5.74, 6) is -1.02. The van der Waals surface area contributed by atoms with Gasteiger partial charge in [0, 0.05) is 42.1 Å². The molecule has 0 unspecified atom stereocenters. The van der Waals surface area contributed by atoms with E-state index in [0.29, 0.717) is 5.69 Å². The number of benzene rings is 2. The molecule has 2 aromatic carbocycles. The second-order valence-corrected chi connectivity index (χ2v) is 7.48. The zero-order valence-electron chi connectivity index (χ0n) is 16.2. The van der Waals surface area contributed by atoms with Crippen LogP contribution in [0.15, 0.2) is 42.6 Å². The third kappa shape index (κ3) is 3.68. The van der Waals surface area contributed by atoms with Crippen LogP contribution in [0.2, 0.25) is 0 Å². The van der Waals surface area contributed by atoms with E-state index in [9.17, 15) is 14.0 Å². The highest BCUT2D eigenvalue weighted by Crippen LogP contribution is 2.34. The van der Waals surface area contributed by atoms with Crippen LogP contribution in [0.3, 0.4) is 0 Å². The number of aryl methyl sites for hydroxylation is 1. The first-order valence-electron chi connectivity index (χ1n) is 9.66. The average Bonchev–Trinajstić information content (AvgIpc) is 3.03. The van der Waals surface area contributed by atoms with Crippen LogP contribution in [0.1, 0.15) is 24.0 Å². The van der Waals surface area contributed by atoms with E-state index in [1.54, 1.807) is 12.1 Å². The average molecular weight is 394 g/mol. The molecule has 0 bridgehead atoms. The van der Waals surface area contributed by atoms with Crippen LogP contribution in [-0.2, 0) is 9.59 Å². The maximum atomic E-state index is 14.1. The van der Waals surface area contributed by atoms with Crippen molar-refractivity contribution >= 4 is 34.4 Å². The number of hydrogen-bond acceptors (Lipinski definition) is 4.